The summed E-state index contributed by atoms with van der Waals surface area (Å²) < 4.78 is 0. The van der Waals surface area contributed by atoms with Gasteiger partial charge in [-0.3, -0.25) is 4.79 Å². The highest BCUT2D eigenvalue weighted by Gasteiger charge is 2.26. The molecule has 1 aromatic rings. The molecule has 0 saturated carbocycles. The van der Waals surface area contributed by atoms with Gasteiger partial charge in [-0.15, -0.1) is 0 Å². The van der Waals surface area contributed by atoms with Gasteiger partial charge in [0, 0.05) is 6.42 Å². The first-order valence-corrected chi connectivity index (χ1v) is 7.44. The third-order valence-corrected chi connectivity index (χ3v) is 3.64. The zero-order chi connectivity index (χ0) is 15.9. The highest BCUT2D eigenvalue weighted by atomic mass is 16.4. The minimum absolute atomic E-state index is 0.215. The molecule has 0 aliphatic carbocycles. The van der Waals surface area contributed by atoms with Crippen molar-refractivity contribution in [2.45, 2.75) is 57.9 Å². The Hall–Kier alpha value is -1.84. The van der Waals surface area contributed by atoms with Crippen LogP contribution < -0.4 is 5.32 Å². The number of aliphatic carboxylic acids is 1. The molecule has 1 rings (SSSR count). The zero-order valence-electron chi connectivity index (χ0n) is 13.1. The molecule has 1 unspecified atom stereocenters. The Balaban J connectivity index is 2.65. The number of hydrogen-bond donors (Lipinski definition) is 2. The monoisotopic (exact) mass is 291 g/mol. The van der Waals surface area contributed by atoms with Gasteiger partial charge < -0.3 is 10.4 Å². The Morgan fingerprint density at radius 3 is 2.38 bits per heavy atom. The predicted molar refractivity (Wildman–Crippen MR) is 83.2 cm³/mol. The molecule has 116 valence electrons. The van der Waals surface area contributed by atoms with Crippen molar-refractivity contribution in [2.75, 3.05) is 0 Å². The fourth-order valence-corrected chi connectivity index (χ4v) is 2.30. The van der Waals surface area contributed by atoms with Crippen molar-refractivity contribution < 1.29 is 14.7 Å². The van der Waals surface area contributed by atoms with Crippen molar-refractivity contribution in [3.63, 3.8) is 0 Å². The molecule has 0 aliphatic heterocycles. The molecule has 2 N–H and O–H groups in total. The summed E-state index contributed by atoms with van der Waals surface area (Å²) in [6.07, 6.45) is 2.45. The Labute approximate surface area is 126 Å². The van der Waals surface area contributed by atoms with Crippen LogP contribution in [0.25, 0.3) is 0 Å². The van der Waals surface area contributed by atoms with Gasteiger partial charge in [0.25, 0.3) is 0 Å². The quantitative estimate of drug-likeness (QED) is 0.773. The molecule has 0 aliphatic rings. The van der Waals surface area contributed by atoms with Gasteiger partial charge in [-0.05, 0) is 17.4 Å². The molecule has 4 heteroatoms. The average Bonchev–Trinajstić information content (AvgIpc) is 2.43. The van der Waals surface area contributed by atoms with Crippen LogP contribution in [0.1, 0.15) is 52.0 Å². The van der Waals surface area contributed by atoms with E-state index in [9.17, 15) is 9.59 Å². The van der Waals surface area contributed by atoms with E-state index in [1.54, 1.807) is 0 Å². The standard InChI is InChI=1S/C17H25NO3/c1-4-5-11-14(16(20)21)18-15(19)12-17(2,3)13-9-7-6-8-10-13/h6-10,14H,4-5,11-12H2,1-3H3,(H,18,19)(H,20,21). The first-order chi connectivity index (χ1) is 9.86. The van der Waals surface area contributed by atoms with E-state index >= 15 is 0 Å². The second-order valence-corrected chi connectivity index (χ2v) is 6.03. The summed E-state index contributed by atoms with van der Waals surface area (Å²) in [6, 6.07) is 9.00. The molecule has 1 atom stereocenters. The molecule has 0 bridgehead atoms. The van der Waals surface area contributed by atoms with Crippen LogP contribution in [0, 0.1) is 0 Å². The number of carboxylic acids is 1. The van der Waals surface area contributed by atoms with E-state index in [0.717, 1.165) is 18.4 Å². The van der Waals surface area contributed by atoms with Crippen molar-refractivity contribution in [2.24, 2.45) is 0 Å². The first kappa shape index (κ1) is 17.2. The zero-order valence-corrected chi connectivity index (χ0v) is 13.1. The molecular formula is C17H25NO3. The molecule has 0 spiro atoms. The van der Waals surface area contributed by atoms with Crippen LogP contribution in [0.5, 0.6) is 0 Å². The number of carbonyl (C=O) groups excluding carboxylic acids is 1. The molecule has 4 nitrogen and oxygen atoms in total. The van der Waals surface area contributed by atoms with E-state index in [0.29, 0.717) is 6.42 Å². The van der Waals surface area contributed by atoms with Gasteiger partial charge in [-0.1, -0.05) is 63.9 Å². The van der Waals surface area contributed by atoms with Crippen LogP contribution in [-0.4, -0.2) is 23.0 Å². The molecule has 21 heavy (non-hydrogen) atoms. The molecule has 0 heterocycles. The summed E-state index contributed by atoms with van der Waals surface area (Å²) in [6.45, 7) is 5.98. The number of carbonyl (C=O) groups is 2. The summed E-state index contributed by atoms with van der Waals surface area (Å²) in [5.74, 6) is -1.18. The fourth-order valence-electron chi connectivity index (χ4n) is 2.30. The molecule has 1 aromatic carbocycles. The normalized spacial score (nSPS) is 12.7. The molecule has 0 aromatic heterocycles. The minimum Gasteiger partial charge on any atom is -0.480 e. The number of nitrogens with one attached hydrogen (secondary N) is 1. The highest BCUT2D eigenvalue weighted by molar-refractivity contribution is 5.84. The third kappa shape index (κ3) is 5.58. The smallest absolute Gasteiger partial charge is 0.326 e. The fraction of sp³-hybridized carbons (Fsp3) is 0.529. The average molecular weight is 291 g/mol. The second-order valence-electron chi connectivity index (χ2n) is 6.03. The van der Waals surface area contributed by atoms with Gasteiger partial charge in [0.05, 0.1) is 0 Å². The molecular weight excluding hydrogens is 266 g/mol. The van der Waals surface area contributed by atoms with Gasteiger partial charge in [0.1, 0.15) is 6.04 Å². The minimum atomic E-state index is -0.964. The lowest BCUT2D eigenvalue weighted by Crippen LogP contribution is -2.42. The summed E-state index contributed by atoms with van der Waals surface area (Å²) in [4.78, 5) is 23.3. The van der Waals surface area contributed by atoms with Gasteiger partial charge >= 0.3 is 5.97 Å². The first-order valence-electron chi connectivity index (χ1n) is 7.44. The van der Waals surface area contributed by atoms with E-state index in [2.05, 4.69) is 5.32 Å². The number of unbranched alkanes of at least 4 members (excludes halogenated alkanes) is 1. The lowest BCUT2D eigenvalue weighted by Gasteiger charge is -2.25. The molecule has 1 amide bonds. The third-order valence-electron chi connectivity index (χ3n) is 3.64. The van der Waals surface area contributed by atoms with Gasteiger partial charge in [0.2, 0.25) is 5.91 Å². The Kier molecular flexibility index (Phi) is 6.40. The topological polar surface area (TPSA) is 66.4 Å². The van der Waals surface area contributed by atoms with E-state index < -0.39 is 12.0 Å². The maximum atomic E-state index is 12.1. The summed E-state index contributed by atoms with van der Waals surface area (Å²) in [5.41, 5.74) is 0.750. The van der Waals surface area contributed by atoms with Crippen molar-refractivity contribution in [1.82, 2.24) is 5.32 Å². The highest BCUT2D eigenvalue weighted by Crippen LogP contribution is 2.26. The van der Waals surface area contributed by atoms with E-state index in [1.807, 2.05) is 51.1 Å². The maximum absolute atomic E-state index is 12.1. The largest absolute Gasteiger partial charge is 0.480 e. The van der Waals surface area contributed by atoms with Crippen molar-refractivity contribution in [1.29, 1.82) is 0 Å². The Bertz CT molecular complexity index is 468. The summed E-state index contributed by atoms with van der Waals surface area (Å²) >= 11 is 0. The Morgan fingerprint density at radius 1 is 1.24 bits per heavy atom. The van der Waals surface area contributed by atoms with Crippen LogP contribution >= 0.6 is 0 Å². The summed E-state index contributed by atoms with van der Waals surface area (Å²) in [7, 11) is 0. The Morgan fingerprint density at radius 2 is 1.86 bits per heavy atom. The number of carboxylic acid groups (broad SMARTS) is 1. The van der Waals surface area contributed by atoms with Gasteiger partial charge in [-0.2, -0.15) is 0 Å². The predicted octanol–water partition coefficient (Wildman–Crippen LogP) is 3.11. The van der Waals surface area contributed by atoms with Gasteiger partial charge in [0.15, 0.2) is 0 Å². The van der Waals surface area contributed by atoms with E-state index in [1.165, 1.54) is 0 Å². The van der Waals surface area contributed by atoms with Crippen LogP contribution in [0.2, 0.25) is 0 Å². The van der Waals surface area contributed by atoms with Crippen LogP contribution in [0.15, 0.2) is 30.3 Å². The van der Waals surface area contributed by atoms with Crippen LogP contribution in [0.3, 0.4) is 0 Å². The number of amides is 1. The van der Waals surface area contributed by atoms with Crippen molar-refractivity contribution >= 4 is 11.9 Å². The lowest BCUT2D eigenvalue weighted by atomic mass is 9.81. The van der Waals surface area contributed by atoms with Crippen LogP contribution in [-0.2, 0) is 15.0 Å². The maximum Gasteiger partial charge on any atom is 0.326 e. The van der Waals surface area contributed by atoms with Crippen molar-refractivity contribution in [3.05, 3.63) is 35.9 Å². The van der Waals surface area contributed by atoms with Crippen molar-refractivity contribution in [3.8, 4) is 0 Å². The number of rotatable bonds is 8. The second kappa shape index (κ2) is 7.81. The number of benzene rings is 1. The van der Waals surface area contributed by atoms with Crippen LogP contribution in [0.4, 0.5) is 0 Å². The van der Waals surface area contributed by atoms with E-state index in [-0.39, 0.29) is 17.7 Å². The van der Waals surface area contributed by atoms with E-state index in [4.69, 9.17) is 5.11 Å². The molecule has 0 radical (unpaired) electrons. The summed E-state index contributed by atoms with van der Waals surface area (Å²) in [5, 5.41) is 11.8. The molecule has 0 saturated heterocycles. The number of hydrogen-bond acceptors (Lipinski definition) is 2. The SMILES string of the molecule is CCCCC(NC(=O)CC(C)(C)c1ccccc1)C(=O)O. The molecule has 0 fully saturated rings. The van der Waals surface area contributed by atoms with Gasteiger partial charge in [-0.25, -0.2) is 4.79 Å². The lowest BCUT2D eigenvalue weighted by molar-refractivity contribution is -0.142.